The predicted molar refractivity (Wildman–Crippen MR) is 107 cm³/mol. The first-order valence-electron chi connectivity index (χ1n) is 8.57. The second kappa shape index (κ2) is 6.78. The number of urea groups is 1. The number of carbonyl (C=O) groups is 1. The molecule has 26 heavy (non-hydrogen) atoms. The Balaban J connectivity index is 0.00000168. The molecule has 0 aliphatic carbocycles. The number of fused-ring (bicyclic) bond motifs is 3. The molecule has 2 aromatic heterocycles. The van der Waals surface area contributed by atoms with E-state index in [9.17, 15) is 4.79 Å². The zero-order chi connectivity index (χ0) is 16.8. The molecule has 7 heteroatoms. The van der Waals surface area contributed by atoms with Gasteiger partial charge in [0.05, 0.1) is 17.6 Å². The fraction of sp³-hybridized carbons (Fsp3) is 0.263. The third-order valence-corrected chi connectivity index (χ3v) is 5.68. The van der Waals surface area contributed by atoms with E-state index in [1.807, 2.05) is 34.2 Å². The summed E-state index contributed by atoms with van der Waals surface area (Å²) in [6.07, 6.45) is 4.11. The van der Waals surface area contributed by atoms with Gasteiger partial charge in [0, 0.05) is 29.6 Å². The van der Waals surface area contributed by atoms with E-state index in [1.165, 1.54) is 0 Å². The number of anilines is 1. The Labute approximate surface area is 162 Å². The normalized spacial score (nSPS) is 15.4. The highest BCUT2D eigenvalue weighted by Crippen LogP contribution is 2.39. The Bertz CT molecular complexity index is 931. The van der Waals surface area contributed by atoms with Gasteiger partial charge in [-0.2, -0.15) is 11.3 Å². The van der Waals surface area contributed by atoms with E-state index < -0.39 is 0 Å². The molecule has 134 valence electrons. The molecule has 0 bridgehead atoms. The molecule has 2 aliphatic rings. The average Bonchev–Trinajstić information content (AvgIpc) is 3.41. The maximum absolute atomic E-state index is 13.1. The van der Waals surface area contributed by atoms with Crippen molar-refractivity contribution in [3.63, 3.8) is 0 Å². The second-order valence-electron chi connectivity index (χ2n) is 6.47. The lowest BCUT2D eigenvalue weighted by molar-refractivity contribution is 0.213. The van der Waals surface area contributed by atoms with Gasteiger partial charge in [-0.3, -0.25) is 4.90 Å². The monoisotopic (exact) mass is 386 g/mol. The number of nitrogens with zero attached hydrogens (tertiary/aromatic N) is 4. The van der Waals surface area contributed by atoms with Crippen LogP contribution in [0.15, 0.2) is 47.3 Å². The van der Waals surface area contributed by atoms with Gasteiger partial charge in [0.25, 0.3) is 0 Å². The molecular formula is C19H19ClN4OS. The van der Waals surface area contributed by atoms with Crippen LogP contribution in [0.2, 0.25) is 0 Å². The summed E-state index contributed by atoms with van der Waals surface area (Å²) >= 11 is 1.66. The molecule has 2 amide bonds. The minimum Gasteiger partial charge on any atom is -0.324 e. The van der Waals surface area contributed by atoms with Crippen molar-refractivity contribution in [2.45, 2.75) is 19.5 Å². The highest BCUT2D eigenvalue weighted by atomic mass is 35.5. The maximum Gasteiger partial charge on any atom is 0.326 e. The van der Waals surface area contributed by atoms with Crippen LogP contribution < -0.4 is 4.90 Å². The molecule has 5 nitrogen and oxygen atoms in total. The van der Waals surface area contributed by atoms with E-state index in [0.29, 0.717) is 6.67 Å². The molecule has 0 saturated carbocycles. The van der Waals surface area contributed by atoms with Crippen molar-refractivity contribution in [1.29, 1.82) is 0 Å². The molecule has 5 rings (SSSR count). The summed E-state index contributed by atoms with van der Waals surface area (Å²) in [7, 11) is 0. The summed E-state index contributed by atoms with van der Waals surface area (Å²) in [6.45, 7) is 2.21. The fourth-order valence-electron chi connectivity index (χ4n) is 3.74. The van der Waals surface area contributed by atoms with Crippen LogP contribution in [-0.2, 0) is 6.67 Å². The third kappa shape index (κ3) is 2.61. The number of carbonyl (C=O) groups excluding carboxylic acids is 1. The number of rotatable bonds is 1. The summed E-state index contributed by atoms with van der Waals surface area (Å²) in [5, 5.41) is 4.16. The fourth-order valence-corrected chi connectivity index (χ4v) is 4.38. The van der Waals surface area contributed by atoms with Gasteiger partial charge >= 0.3 is 6.03 Å². The van der Waals surface area contributed by atoms with Crippen LogP contribution in [-0.4, -0.2) is 33.6 Å². The minimum atomic E-state index is 0. The third-order valence-electron chi connectivity index (χ3n) is 5.00. The first kappa shape index (κ1) is 17.1. The predicted octanol–water partition coefficient (Wildman–Crippen LogP) is 4.69. The molecule has 0 unspecified atom stereocenters. The smallest absolute Gasteiger partial charge is 0.324 e. The van der Waals surface area contributed by atoms with E-state index in [1.54, 1.807) is 11.3 Å². The van der Waals surface area contributed by atoms with Crippen molar-refractivity contribution in [2.24, 2.45) is 0 Å². The lowest BCUT2D eigenvalue weighted by atomic mass is 10.1. The molecule has 2 aliphatic heterocycles. The Morgan fingerprint density at radius 1 is 1.12 bits per heavy atom. The highest BCUT2D eigenvalue weighted by molar-refractivity contribution is 7.08. The van der Waals surface area contributed by atoms with Gasteiger partial charge in [-0.15, -0.1) is 12.4 Å². The van der Waals surface area contributed by atoms with Crippen molar-refractivity contribution < 1.29 is 4.79 Å². The number of para-hydroxylation sites is 1. The van der Waals surface area contributed by atoms with E-state index in [0.717, 1.165) is 54.3 Å². The van der Waals surface area contributed by atoms with Gasteiger partial charge in [0.2, 0.25) is 0 Å². The minimum absolute atomic E-state index is 0. The van der Waals surface area contributed by atoms with Crippen LogP contribution in [0.1, 0.15) is 12.8 Å². The van der Waals surface area contributed by atoms with E-state index >= 15 is 0 Å². The Morgan fingerprint density at radius 2 is 1.92 bits per heavy atom. The van der Waals surface area contributed by atoms with Crippen molar-refractivity contribution in [3.05, 3.63) is 47.3 Å². The summed E-state index contributed by atoms with van der Waals surface area (Å²) < 4.78 is 2.15. The van der Waals surface area contributed by atoms with Crippen LogP contribution >= 0.6 is 23.7 Å². The molecule has 1 aromatic carbocycles. The zero-order valence-corrected chi connectivity index (χ0v) is 15.8. The van der Waals surface area contributed by atoms with Crippen molar-refractivity contribution in [3.8, 4) is 22.6 Å². The standard InChI is InChI=1S/C19H18N4OS.ClH/c24-19(21-8-3-4-9-21)23-13-22-17(15-5-1-2-6-16(15)23)11-20-18(22)14-7-10-25-12-14;/h1-2,5-7,10-12H,3-4,8-9,13H2;1H. The van der Waals surface area contributed by atoms with Crippen LogP contribution in [0.5, 0.6) is 0 Å². The number of aromatic nitrogens is 2. The number of hydrogen-bond donors (Lipinski definition) is 0. The molecule has 4 heterocycles. The topological polar surface area (TPSA) is 41.4 Å². The molecule has 3 aromatic rings. The number of halogens is 1. The number of likely N-dealkylation sites (tertiary alicyclic amines) is 1. The molecule has 0 atom stereocenters. The summed E-state index contributed by atoms with van der Waals surface area (Å²) in [4.78, 5) is 21.6. The van der Waals surface area contributed by atoms with Crippen molar-refractivity contribution in [2.75, 3.05) is 18.0 Å². The maximum atomic E-state index is 13.1. The Morgan fingerprint density at radius 3 is 2.69 bits per heavy atom. The Kier molecular flexibility index (Phi) is 4.46. The van der Waals surface area contributed by atoms with Gasteiger partial charge in [0.15, 0.2) is 0 Å². The van der Waals surface area contributed by atoms with Gasteiger partial charge < -0.3 is 9.47 Å². The first-order chi connectivity index (χ1) is 12.3. The van der Waals surface area contributed by atoms with Crippen LogP contribution in [0, 0.1) is 0 Å². The molecule has 0 N–H and O–H groups in total. The molecule has 1 saturated heterocycles. The van der Waals surface area contributed by atoms with Crippen LogP contribution in [0.3, 0.4) is 0 Å². The largest absolute Gasteiger partial charge is 0.326 e. The van der Waals surface area contributed by atoms with E-state index in [-0.39, 0.29) is 18.4 Å². The van der Waals surface area contributed by atoms with Crippen molar-refractivity contribution >= 4 is 35.5 Å². The van der Waals surface area contributed by atoms with Gasteiger partial charge in [-0.05, 0) is 30.4 Å². The quantitative estimate of drug-likeness (QED) is 0.608. The van der Waals surface area contributed by atoms with Gasteiger partial charge in [-0.1, -0.05) is 18.2 Å². The van der Waals surface area contributed by atoms with Crippen LogP contribution in [0.25, 0.3) is 22.6 Å². The van der Waals surface area contributed by atoms with Gasteiger partial charge in [0.1, 0.15) is 12.5 Å². The number of hydrogen-bond acceptors (Lipinski definition) is 3. The van der Waals surface area contributed by atoms with Gasteiger partial charge in [-0.25, -0.2) is 9.78 Å². The molecule has 0 radical (unpaired) electrons. The summed E-state index contributed by atoms with van der Waals surface area (Å²) in [6, 6.07) is 10.3. The molecule has 0 spiro atoms. The lowest BCUT2D eigenvalue weighted by Gasteiger charge is -2.34. The summed E-state index contributed by atoms with van der Waals surface area (Å²) in [5.74, 6) is 0.921. The Hall–Kier alpha value is -2.31. The van der Waals surface area contributed by atoms with Crippen LogP contribution in [0.4, 0.5) is 10.5 Å². The van der Waals surface area contributed by atoms with Crippen molar-refractivity contribution in [1.82, 2.24) is 14.5 Å². The number of imidazole rings is 1. The average molecular weight is 387 g/mol. The molecule has 1 fully saturated rings. The molecular weight excluding hydrogens is 368 g/mol. The lowest BCUT2D eigenvalue weighted by Crippen LogP contribution is -2.44. The second-order valence-corrected chi connectivity index (χ2v) is 7.25. The SMILES string of the molecule is Cl.O=C(N1CCCC1)N1Cn2c(cnc2-c2ccsc2)-c2ccccc21. The first-order valence-corrected chi connectivity index (χ1v) is 9.51. The van der Waals surface area contributed by atoms with E-state index in [4.69, 9.17) is 0 Å². The number of benzene rings is 1. The zero-order valence-electron chi connectivity index (χ0n) is 14.2. The number of thiophene rings is 1. The highest BCUT2D eigenvalue weighted by Gasteiger charge is 2.32. The number of amides is 2. The van der Waals surface area contributed by atoms with E-state index in [2.05, 4.69) is 32.4 Å². The summed E-state index contributed by atoms with van der Waals surface area (Å²) in [5.41, 5.74) is 4.21.